The van der Waals surface area contributed by atoms with Gasteiger partial charge in [0, 0.05) is 12.2 Å². The molecule has 0 aliphatic rings. The first-order valence-corrected chi connectivity index (χ1v) is 10.8. The summed E-state index contributed by atoms with van der Waals surface area (Å²) in [6.07, 6.45) is 0. The molecule has 0 saturated heterocycles. The summed E-state index contributed by atoms with van der Waals surface area (Å²) in [6.45, 7) is 4.11. The second kappa shape index (κ2) is 6.97. The molecule has 0 saturated carbocycles. The Balaban J connectivity index is 1.87. The van der Waals surface area contributed by atoms with Crippen LogP contribution >= 0.6 is 34.3 Å². The predicted octanol–water partition coefficient (Wildman–Crippen LogP) is 3.84. The van der Waals surface area contributed by atoms with Crippen molar-refractivity contribution in [1.29, 1.82) is 0 Å². The summed E-state index contributed by atoms with van der Waals surface area (Å²) in [6, 6.07) is 6.86. The fraction of sp³-hybridized carbons (Fsp3) is 0.267. The van der Waals surface area contributed by atoms with Gasteiger partial charge in [0.2, 0.25) is 10.0 Å². The van der Waals surface area contributed by atoms with Crippen molar-refractivity contribution in [2.24, 2.45) is 0 Å². The van der Waals surface area contributed by atoms with E-state index >= 15 is 0 Å². The van der Waals surface area contributed by atoms with Crippen molar-refractivity contribution in [2.45, 2.75) is 24.1 Å². The van der Waals surface area contributed by atoms with Gasteiger partial charge in [0.25, 0.3) is 0 Å². The van der Waals surface area contributed by atoms with Crippen LogP contribution in [0.4, 0.5) is 0 Å². The van der Waals surface area contributed by atoms with E-state index in [-0.39, 0.29) is 16.8 Å². The first-order chi connectivity index (χ1) is 11.4. The van der Waals surface area contributed by atoms with E-state index in [9.17, 15) is 8.42 Å². The first kappa shape index (κ1) is 17.6. The van der Waals surface area contributed by atoms with Crippen LogP contribution in [0.25, 0.3) is 0 Å². The monoisotopic (exact) mass is 401 g/mol. The molecule has 0 aliphatic carbocycles. The van der Waals surface area contributed by atoms with E-state index < -0.39 is 10.0 Å². The Morgan fingerprint density at radius 1 is 1.33 bits per heavy atom. The number of hydrogen-bond acceptors (Lipinski definition) is 5. The van der Waals surface area contributed by atoms with Crippen LogP contribution in [0.3, 0.4) is 0 Å². The molecule has 3 aromatic rings. The number of thiophene rings is 2. The summed E-state index contributed by atoms with van der Waals surface area (Å²) >= 11 is 8.46. The molecular weight excluding hydrogens is 386 g/mol. The van der Waals surface area contributed by atoms with Crippen LogP contribution in [0.5, 0.6) is 0 Å². The zero-order valence-electron chi connectivity index (χ0n) is 13.1. The lowest BCUT2D eigenvalue weighted by atomic mass is 10.1. The zero-order valence-corrected chi connectivity index (χ0v) is 16.3. The summed E-state index contributed by atoms with van der Waals surface area (Å²) in [4.78, 5) is 0. The molecule has 0 amide bonds. The molecule has 0 radical (unpaired) electrons. The maximum atomic E-state index is 12.5. The molecule has 5 nitrogen and oxygen atoms in total. The number of nitrogens with zero attached hydrogens (tertiary/aromatic N) is 2. The molecule has 128 valence electrons. The SMILES string of the molecule is Cc1cc(C)n([C@@H](CNS(=O)(=O)c2ccc(Cl)s2)c2ccsc2)n1. The molecule has 0 aromatic carbocycles. The van der Waals surface area contributed by atoms with E-state index in [1.54, 1.807) is 17.4 Å². The third kappa shape index (κ3) is 3.73. The Hall–Kier alpha value is -1.19. The molecule has 3 rings (SSSR count). The highest BCUT2D eigenvalue weighted by atomic mass is 35.5. The summed E-state index contributed by atoms with van der Waals surface area (Å²) in [5.74, 6) is 0. The average molecular weight is 402 g/mol. The second-order valence-corrected chi connectivity index (χ2v) is 9.84. The van der Waals surface area contributed by atoms with E-state index in [4.69, 9.17) is 11.6 Å². The van der Waals surface area contributed by atoms with E-state index in [1.165, 1.54) is 6.07 Å². The zero-order chi connectivity index (χ0) is 17.3. The number of halogens is 1. The van der Waals surface area contributed by atoms with E-state index in [0.717, 1.165) is 28.3 Å². The van der Waals surface area contributed by atoms with Crippen LogP contribution in [0.2, 0.25) is 4.34 Å². The van der Waals surface area contributed by atoms with Gasteiger partial charge in [0.15, 0.2) is 0 Å². The molecule has 0 aliphatic heterocycles. The van der Waals surface area contributed by atoms with Gasteiger partial charge in [-0.1, -0.05) is 11.6 Å². The number of aromatic nitrogens is 2. The first-order valence-electron chi connectivity index (χ1n) is 7.16. The molecule has 24 heavy (non-hydrogen) atoms. The largest absolute Gasteiger partial charge is 0.261 e. The molecule has 0 unspecified atom stereocenters. The van der Waals surface area contributed by atoms with Gasteiger partial charge in [0.1, 0.15) is 4.21 Å². The Kier molecular flexibility index (Phi) is 5.12. The van der Waals surface area contributed by atoms with Crippen molar-refractivity contribution in [1.82, 2.24) is 14.5 Å². The van der Waals surface area contributed by atoms with Gasteiger partial charge in [-0.05, 0) is 54.4 Å². The summed E-state index contributed by atoms with van der Waals surface area (Å²) in [7, 11) is -3.59. The molecule has 0 spiro atoms. The smallest absolute Gasteiger partial charge is 0.250 e. The van der Waals surface area contributed by atoms with E-state index in [1.807, 2.05) is 41.4 Å². The lowest BCUT2D eigenvalue weighted by Gasteiger charge is -2.19. The highest BCUT2D eigenvalue weighted by Gasteiger charge is 2.22. The predicted molar refractivity (Wildman–Crippen MR) is 98.7 cm³/mol. The average Bonchev–Trinajstić information content (AvgIpc) is 3.22. The van der Waals surface area contributed by atoms with Gasteiger partial charge in [-0.25, -0.2) is 13.1 Å². The van der Waals surface area contributed by atoms with E-state index in [2.05, 4.69) is 9.82 Å². The highest BCUT2D eigenvalue weighted by molar-refractivity contribution is 7.91. The normalized spacial score (nSPS) is 13.3. The molecule has 1 atom stereocenters. The van der Waals surface area contributed by atoms with Crippen LogP contribution in [-0.4, -0.2) is 24.7 Å². The minimum atomic E-state index is -3.59. The Labute approximate surface area is 154 Å². The highest BCUT2D eigenvalue weighted by Crippen LogP contribution is 2.27. The van der Waals surface area contributed by atoms with Crippen molar-refractivity contribution in [2.75, 3.05) is 6.54 Å². The molecule has 3 heterocycles. The second-order valence-electron chi connectivity index (χ2n) is 5.35. The molecule has 1 N–H and O–H groups in total. The number of nitrogens with one attached hydrogen (secondary N) is 1. The van der Waals surface area contributed by atoms with Crippen molar-refractivity contribution in [3.8, 4) is 0 Å². The Morgan fingerprint density at radius 2 is 2.12 bits per heavy atom. The van der Waals surface area contributed by atoms with Gasteiger partial charge >= 0.3 is 0 Å². The third-order valence-electron chi connectivity index (χ3n) is 3.55. The number of rotatable bonds is 6. The summed E-state index contributed by atoms with van der Waals surface area (Å²) < 4.78 is 30.1. The van der Waals surface area contributed by atoms with Crippen molar-refractivity contribution < 1.29 is 8.42 Å². The number of hydrogen-bond donors (Lipinski definition) is 1. The molecule has 0 bridgehead atoms. The number of aryl methyl sites for hydroxylation is 2. The van der Waals surface area contributed by atoms with Crippen molar-refractivity contribution in [3.63, 3.8) is 0 Å². The minimum Gasteiger partial charge on any atom is -0.261 e. The fourth-order valence-electron chi connectivity index (χ4n) is 2.47. The summed E-state index contributed by atoms with van der Waals surface area (Å²) in [5.41, 5.74) is 2.92. The lowest BCUT2D eigenvalue weighted by molar-refractivity contribution is 0.495. The molecule has 3 aromatic heterocycles. The van der Waals surface area contributed by atoms with Gasteiger partial charge in [-0.2, -0.15) is 16.4 Å². The van der Waals surface area contributed by atoms with Gasteiger partial charge in [-0.15, -0.1) is 11.3 Å². The maximum Gasteiger partial charge on any atom is 0.250 e. The topological polar surface area (TPSA) is 64.0 Å². The van der Waals surface area contributed by atoms with Crippen LogP contribution < -0.4 is 4.72 Å². The molecule has 9 heteroatoms. The lowest BCUT2D eigenvalue weighted by Crippen LogP contribution is -2.31. The van der Waals surface area contributed by atoms with E-state index in [0.29, 0.717) is 4.34 Å². The van der Waals surface area contributed by atoms with Gasteiger partial charge in [0.05, 0.1) is 16.1 Å². The maximum absolute atomic E-state index is 12.5. The van der Waals surface area contributed by atoms with Crippen LogP contribution in [0.15, 0.2) is 39.2 Å². The quantitative estimate of drug-likeness (QED) is 0.682. The minimum absolute atomic E-state index is 0.199. The fourth-order valence-corrected chi connectivity index (χ4v) is 5.75. The van der Waals surface area contributed by atoms with Gasteiger partial charge < -0.3 is 0 Å². The van der Waals surface area contributed by atoms with Crippen LogP contribution in [-0.2, 0) is 10.0 Å². The number of sulfonamides is 1. The molecular formula is C15H16ClN3O2S3. The third-order valence-corrected chi connectivity index (χ3v) is 7.40. The van der Waals surface area contributed by atoms with Crippen LogP contribution in [0, 0.1) is 13.8 Å². The van der Waals surface area contributed by atoms with Crippen molar-refractivity contribution >= 4 is 44.3 Å². The molecule has 0 fully saturated rings. The van der Waals surface area contributed by atoms with Gasteiger partial charge in [-0.3, -0.25) is 4.68 Å². The Morgan fingerprint density at radius 3 is 2.67 bits per heavy atom. The van der Waals surface area contributed by atoms with Crippen LogP contribution in [0.1, 0.15) is 23.0 Å². The van der Waals surface area contributed by atoms with Crippen molar-refractivity contribution in [3.05, 3.63) is 56.3 Å². The summed E-state index contributed by atoms with van der Waals surface area (Å²) in [5, 5.41) is 8.50. The standard InChI is InChI=1S/C15H16ClN3O2S3/c1-10-7-11(2)19(18-10)13(12-5-6-22-9-12)8-17-24(20,21)15-4-3-14(16)23-15/h3-7,9,13,17H,8H2,1-2H3/t13-/m0/s1. The Bertz CT molecular complexity index is 929.